The van der Waals surface area contributed by atoms with Crippen LogP contribution >= 0.6 is 0 Å². The molecule has 0 aliphatic rings. The molecule has 0 saturated carbocycles. The van der Waals surface area contributed by atoms with E-state index in [1.165, 1.54) is 0 Å². The molecule has 200 valence electrons. The van der Waals surface area contributed by atoms with Crippen LogP contribution in [0.5, 0.6) is 5.88 Å². The average Bonchev–Trinajstić information content (AvgIpc) is 3.60. The molecule has 0 radical (unpaired) electrons. The van der Waals surface area contributed by atoms with Crippen molar-refractivity contribution < 1.29 is 5.11 Å². The third-order valence-corrected chi connectivity index (χ3v) is 6.37. The van der Waals surface area contributed by atoms with Gasteiger partial charge in [-0.3, -0.25) is 0 Å². The van der Waals surface area contributed by atoms with Crippen molar-refractivity contribution in [3.63, 3.8) is 0 Å². The Labute approximate surface area is 227 Å². The van der Waals surface area contributed by atoms with Crippen molar-refractivity contribution in [1.29, 1.82) is 0 Å². The Kier molecular flexibility index (Phi) is 5.28. The summed E-state index contributed by atoms with van der Waals surface area (Å²) < 4.78 is 3.20. The lowest BCUT2D eigenvalue weighted by Crippen LogP contribution is -2.11. The normalized spacial score (nSPS) is 12.1. The zero-order valence-electron chi connectivity index (χ0n) is 20.9. The van der Waals surface area contributed by atoms with E-state index in [2.05, 4.69) is 40.7 Å². The minimum atomic E-state index is -0.511. The molecule has 4 heterocycles. The third kappa shape index (κ3) is 3.84. The van der Waals surface area contributed by atoms with Crippen molar-refractivity contribution in [1.82, 2.24) is 33.9 Å². The monoisotopic (exact) mass is 546 g/mol. The number of imidazole rings is 2. The lowest BCUT2D eigenvalue weighted by Gasteiger charge is -2.08. The highest BCUT2D eigenvalue weighted by Gasteiger charge is 2.22. The zero-order chi connectivity index (χ0) is 28.1. The summed E-state index contributed by atoms with van der Waals surface area (Å²) >= 11 is 0. The van der Waals surface area contributed by atoms with Crippen molar-refractivity contribution in [2.45, 2.75) is 0 Å². The molecule has 5 N–H and O–H groups in total. The van der Waals surface area contributed by atoms with Crippen molar-refractivity contribution in [2.75, 3.05) is 5.73 Å². The molecule has 0 bridgehead atoms. The third-order valence-electron chi connectivity index (χ3n) is 6.37. The quantitative estimate of drug-likeness (QED) is 0.234. The summed E-state index contributed by atoms with van der Waals surface area (Å²) in [6, 6.07) is 22.9. The number of aromatic hydroxyl groups is 1. The minimum absolute atomic E-state index is 0.0194. The number of fused-ring (bicyclic) bond motifs is 3. The number of benzene rings is 3. The minimum Gasteiger partial charge on any atom is -0.492 e. The van der Waals surface area contributed by atoms with Gasteiger partial charge >= 0.3 is 11.4 Å². The number of hydrogen-bond acceptors (Lipinski definition) is 10. The van der Waals surface area contributed by atoms with Crippen molar-refractivity contribution >= 4 is 44.9 Å². The SMILES string of the molecule is Nc1nn2c(O)c(N=Nn3c(=O)[nH]c4ccccc43)c(-c3ccccc3)nc2c1N=Nn1c(=O)[nH]c2ccccc21. The predicted molar refractivity (Wildman–Crippen MR) is 149 cm³/mol. The second-order valence-electron chi connectivity index (χ2n) is 8.87. The maximum Gasteiger partial charge on any atom is 0.348 e. The molecule has 15 heteroatoms. The highest BCUT2D eigenvalue weighted by atomic mass is 16.3. The molecule has 3 aromatic carbocycles. The van der Waals surface area contributed by atoms with Gasteiger partial charge in [-0.1, -0.05) is 65.0 Å². The molecule has 15 nitrogen and oxygen atoms in total. The van der Waals surface area contributed by atoms with Gasteiger partial charge in [0.15, 0.2) is 22.8 Å². The topological polar surface area (TPSA) is 201 Å². The van der Waals surface area contributed by atoms with E-state index < -0.39 is 17.3 Å². The first kappa shape index (κ1) is 23.7. The molecule has 0 saturated heterocycles. The molecular formula is C26H18N12O3. The molecule has 0 atom stereocenters. The van der Waals surface area contributed by atoms with E-state index in [-0.39, 0.29) is 28.5 Å². The van der Waals surface area contributed by atoms with Gasteiger partial charge in [-0.2, -0.15) is 13.9 Å². The molecule has 0 fully saturated rings. The van der Waals surface area contributed by atoms with E-state index in [4.69, 9.17) is 5.73 Å². The molecule has 0 unspecified atom stereocenters. The number of nitrogens with two attached hydrogens (primary N) is 1. The van der Waals surface area contributed by atoms with Crippen LogP contribution in [0.1, 0.15) is 0 Å². The Hall–Kier alpha value is -6.38. The predicted octanol–water partition coefficient (Wildman–Crippen LogP) is 4.06. The number of para-hydroxylation sites is 4. The number of rotatable bonds is 5. The molecule has 7 aromatic rings. The number of anilines is 1. The largest absolute Gasteiger partial charge is 0.492 e. The van der Waals surface area contributed by atoms with Gasteiger partial charge in [-0.25, -0.2) is 14.6 Å². The second-order valence-corrected chi connectivity index (χ2v) is 8.87. The highest BCUT2D eigenvalue weighted by molar-refractivity contribution is 5.84. The van der Waals surface area contributed by atoms with E-state index in [1.54, 1.807) is 72.8 Å². The summed E-state index contributed by atoms with van der Waals surface area (Å²) in [4.78, 5) is 35.0. The van der Waals surface area contributed by atoms with Gasteiger partial charge in [0.1, 0.15) is 5.69 Å². The van der Waals surface area contributed by atoms with Crippen LogP contribution in [0.4, 0.5) is 17.2 Å². The number of nitrogens with one attached hydrogen (secondary N) is 2. The maximum absolute atomic E-state index is 12.5. The smallest absolute Gasteiger partial charge is 0.348 e. The summed E-state index contributed by atoms with van der Waals surface area (Å²) in [5.41, 5.74) is 8.10. The first-order chi connectivity index (χ1) is 20.0. The van der Waals surface area contributed by atoms with Crippen LogP contribution in [-0.4, -0.2) is 39.0 Å². The summed E-state index contributed by atoms with van der Waals surface area (Å²) in [5, 5.41) is 32.0. The zero-order valence-corrected chi connectivity index (χ0v) is 20.9. The number of aromatic amines is 2. The van der Waals surface area contributed by atoms with Crippen molar-refractivity contribution in [3.05, 3.63) is 99.8 Å². The number of nitrogens with zero attached hydrogens (tertiary/aromatic N) is 9. The standard InChI is InChI=1S/C26H18N12O3/c27-22-21(32-35-37-18-13-7-5-11-16(18)29-26(37)41)23-30-19(14-8-2-1-3-9-14)20(24(39)38(23)33-22)31-34-36-17-12-6-4-10-15(17)28-25(36)40/h1-13,39H,(H2,27,33)(H,28,40)(H,29,41). The Morgan fingerprint density at radius 3 is 1.88 bits per heavy atom. The van der Waals surface area contributed by atoms with Crippen LogP contribution in [-0.2, 0) is 0 Å². The summed E-state index contributed by atoms with van der Waals surface area (Å²) in [5.74, 6) is -0.562. The molecule has 0 aliphatic heterocycles. The fourth-order valence-electron chi connectivity index (χ4n) is 4.46. The fraction of sp³-hybridized carbons (Fsp3) is 0. The molecule has 41 heavy (non-hydrogen) atoms. The first-order valence-electron chi connectivity index (χ1n) is 12.2. The molecular weight excluding hydrogens is 528 g/mol. The van der Waals surface area contributed by atoms with E-state index in [9.17, 15) is 14.7 Å². The van der Waals surface area contributed by atoms with Gasteiger partial charge in [0, 0.05) is 5.56 Å². The Morgan fingerprint density at radius 2 is 1.27 bits per heavy atom. The first-order valence-corrected chi connectivity index (χ1v) is 12.2. The van der Waals surface area contributed by atoms with Gasteiger partial charge in [0.05, 0.1) is 22.1 Å². The number of aromatic nitrogens is 7. The van der Waals surface area contributed by atoms with Crippen molar-refractivity contribution in [3.8, 4) is 17.1 Å². The number of hydrogen-bond donors (Lipinski definition) is 4. The van der Waals surface area contributed by atoms with Crippen LogP contribution in [0, 0.1) is 0 Å². The maximum atomic E-state index is 12.5. The second kappa shape index (κ2) is 9.12. The van der Waals surface area contributed by atoms with Crippen LogP contribution in [0.25, 0.3) is 39.0 Å². The molecule has 0 aliphatic carbocycles. The van der Waals surface area contributed by atoms with Gasteiger partial charge in [-0.05, 0) is 24.3 Å². The Morgan fingerprint density at radius 1 is 0.732 bits per heavy atom. The lowest BCUT2D eigenvalue weighted by molar-refractivity contribution is 0.437. The van der Waals surface area contributed by atoms with Crippen molar-refractivity contribution in [2.24, 2.45) is 20.7 Å². The van der Waals surface area contributed by atoms with Gasteiger partial charge in [0.25, 0.3) is 0 Å². The van der Waals surface area contributed by atoms with E-state index in [0.29, 0.717) is 27.6 Å². The van der Waals surface area contributed by atoms with E-state index in [0.717, 1.165) is 13.9 Å². The van der Waals surface area contributed by atoms with Gasteiger partial charge in [-0.15, -0.1) is 15.3 Å². The number of nitrogen functional groups attached to an aromatic ring is 1. The van der Waals surface area contributed by atoms with E-state index >= 15 is 0 Å². The molecule has 0 spiro atoms. The number of H-pyrrole nitrogens is 2. The van der Waals surface area contributed by atoms with Gasteiger partial charge < -0.3 is 20.8 Å². The van der Waals surface area contributed by atoms with Crippen LogP contribution in [0.3, 0.4) is 0 Å². The molecule has 0 amide bonds. The molecule has 7 rings (SSSR count). The van der Waals surface area contributed by atoms with Crippen LogP contribution in [0.15, 0.2) is 109 Å². The molecule has 4 aromatic heterocycles. The fourth-order valence-corrected chi connectivity index (χ4v) is 4.46. The van der Waals surface area contributed by atoms with Crippen LogP contribution in [0.2, 0.25) is 0 Å². The Bertz CT molecular complexity index is 2290. The lowest BCUT2D eigenvalue weighted by atomic mass is 10.1. The van der Waals surface area contributed by atoms with Gasteiger partial charge in [0.2, 0.25) is 5.88 Å². The summed E-state index contributed by atoms with van der Waals surface area (Å²) in [6.07, 6.45) is 0. The Balaban J connectivity index is 1.41. The van der Waals surface area contributed by atoms with Crippen LogP contribution < -0.4 is 17.1 Å². The summed E-state index contributed by atoms with van der Waals surface area (Å²) in [6.45, 7) is 0. The highest BCUT2D eigenvalue weighted by Crippen LogP contribution is 2.40. The van der Waals surface area contributed by atoms with E-state index in [1.807, 2.05) is 6.07 Å². The summed E-state index contributed by atoms with van der Waals surface area (Å²) in [7, 11) is 0. The average molecular weight is 547 g/mol.